The number of methoxy groups -OCH3 is 2. The SMILES string of the molecule is COc1ccc(NS(=O)(=O)c2ccc(NC(=O)C3CCN(Cc4ccc(C)cc4)CC3)cc2)c(OC)c1. The van der Waals surface area contributed by atoms with Gasteiger partial charge < -0.3 is 14.8 Å². The van der Waals surface area contributed by atoms with Gasteiger partial charge >= 0.3 is 0 Å². The summed E-state index contributed by atoms with van der Waals surface area (Å²) in [6.07, 6.45) is 1.58. The van der Waals surface area contributed by atoms with Gasteiger partial charge in [-0.3, -0.25) is 14.4 Å². The minimum atomic E-state index is -3.85. The molecule has 3 aromatic rings. The highest BCUT2D eigenvalue weighted by Gasteiger charge is 2.25. The summed E-state index contributed by atoms with van der Waals surface area (Å²) < 4.78 is 38.8. The van der Waals surface area contributed by atoms with Crippen molar-refractivity contribution in [2.45, 2.75) is 31.2 Å². The van der Waals surface area contributed by atoms with Crippen molar-refractivity contribution < 1.29 is 22.7 Å². The number of piperidine rings is 1. The summed E-state index contributed by atoms with van der Waals surface area (Å²) >= 11 is 0. The number of hydrogen-bond acceptors (Lipinski definition) is 6. The van der Waals surface area contributed by atoms with Gasteiger partial charge in [0, 0.05) is 24.2 Å². The summed E-state index contributed by atoms with van der Waals surface area (Å²) in [6.45, 7) is 4.70. The van der Waals surface area contributed by atoms with E-state index in [1.807, 2.05) is 0 Å². The van der Waals surface area contributed by atoms with Crippen LogP contribution in [0.2, 0.25) is 0 Å². The molecule has 8 nitrogen and oxygen atoms in total. The van der Waals surface area contributed by atoms with Crippen LogP contribution in [0.5, 0.6) is 11.5 Å². The molecule has 1 aliphatic heterocycles. The molecule has 9 heteroatoms. The summed E-state index contributed by atoms with van der Waals surface area (Å²) in [6, 6.07) is 19.5. The quantitative estimate of drug-likeness (QED) is 0.423. The number of sulfonamides is 1. The molecule has 0 aliphatic carbocycles. The second kappa shape index (κ2) is 11.7. The number of carbonyl (C=O) groups excluding carboxylic acids is 1. The van der Waals surface area contributed by atoms with E-state index in [1.54, 1.807) is 30.3 Å². The Labute approximate surface area is 218 Å². The number of amides is 1. The van der Waals surface area contributed by atoms with Gasteiger partial charge in [0.15, 0.2) is 0 Å². The minimum absolute atomic E-state index is 0.0355. The molecule has 1 heterocycles. The van der Waals surface area contributed by atoms with Crippen LogP contribution in [-0.2, 0) is 21.4 Å². The van der Waals surface area contributed by atoms with Gasteiger partial charge in [-0.15, -0.1) is 0 Å². The largest absolute Gasteiger partial charge is 0.497 e. The molecular formula is C28H33N3O5S. The summed E-state index contributed by atoms with van der Waals surface area (Å²) in [4.78, 5) is 15.3. The lowest BCUT2D eigenvalue weighted by Gasteiger charge is -2.31. The van der Waals surface area contributed by atoms with Crippen molar-refractivity contribution in [1.82, 2.24) is 4.90 Å². The zero-order chi connectivity index (χ0) is 26.4. The Balaban J connectivity index is 1.31. The Kier molecular flexibility index (Phi) is 8.35. The lowest BCUT2D eigenvalue weighted by Crippen LogP contribution is -2.37. The molecule has 1 fully saturated rings. The fourth-order valence-electron chi connectivity index (χ4n) is 4.35. The van der Waals surface area contributed by atoms with Gasteiger partial charge in [0.2, 0.25) is 5.91 Å². The van der Waals surface area contributed by atoms with Crippen molar-refractivity contribution in [3.8, 4) is 11.5 Å². The lowest BCUT2D eigenvalue weighted by molar-refractivity contribution is -0.121. The molecule has 0 radical (unpaired) electrons. The summed E-state index contributed by atoms with van der Waals surface area (Å²) in [5, 5.41) is 2.94. The highest BCUT2D eigenvalue weighted by Crippen LogP contribution is 2.31. The molecule has 0 atom stereocenters. The van der Waals surface area contributed by atoms with E-state index in [2.05, 4.69) is 46.1 Å². The van der Waals surface area contributed by atoms with Crippen LogP contribution in [0.1, 0.15) is 24.0 Å². The number of benzene rings is 3. The highest BCUT2D eigenvalue weighted by molar-refractivity contribution is 7.92. The smallest absolute Gasteiger partial charge is 0.262 e. The molecule has 3 aromatic carbocycles. The van der Waals surface area contributed by atoms with Gasteiger partial charge in [-0.1, -0.05) is 29.8 Å². The van der Waals surface area contributed by atoms with Crippen LogP contribution >= 0.6 is 0 Å². The van der Waals surface area contributed by atoms with Gasteiger partial charge in [0.05, 0.1) is 24.8 Å². The van der Waals surface area contributed by atoms with Crippen molar-refractivity contribution in [3.63, 3.8) is 0 Å². The molecule has 1 saturated heterocycles. The lowest BCUT2D eigenvalue weighted by atomic mass is 9.95. The number of nitrogens with zero attached hydrogens (tertiary/aromatic N) is 1. The Hall–Kier alpha value is -3.56. The van der Waals surface area contributed by atoms with Crippen LogP contribution in [0, 0.1) is 12.8 Å². The van der Waals surface area contributed by atoms with Crippen molar-refractivity contribution >= 4 is 27.3 Å². The standard InChI is InChI=1S/C28H33N3O5S/c1-20-4-6-21(7-5-20)19-31-16-14-22(15-17-31)28(32)29-23-8-11-25(12-9-23)37(33,34)30-26-13-10-24(35-2)18-27(26)36-3/h4-13,18,22,30H,14-17,19H2,1-3H3,(H,29,32). The van der Waals surface area contributed by atoms with Gasteiger partial charge in [-0.2, -0.15) is 0 Å². The topological polar surface area (TPSA) is 97.0 Å². The van der Waals surface area contributed by atoms with E-state index >= 15 is 0 Å². The van der Waals surface area contributed by atoms with Crippen molar-refractivity contribution in [2.24, 2.45) is 5.92 Å². The second-order valence-electron chi connectivity index (χ2n) is 9.22. The van der Waals surface area contributed by atoms with Crippen LogP contribution in [-0.4, -0.2) is 46.5 Å². The van der Waals surface area contributed by atoms with Gasteiger partial charge in [-0.05, 0) is 74.8 Å². The molecule has 0 spiro atoms. The maximum absolute atomic E-state index is 12.9. The Morgan fingerprint density at radius 1 is 0.946 bits per heavy atom. The van der Waals surface area contributed by atoms with Gasteiger partial charge in [0.25, 0.3) is 10.0 Å². The van der Waals surface area contributed by atoms with E-state index < -0.39 is 10.0 Å². The average Bonchev–Trinajstić information content (AvgIpc) is 2.90. The zero-order valence-electron chi connectivity index (χ0n) is 21.4. The molecule has 196 valence electrons. The number of nitrogens with one attached hydrogen (secondary N) is 2. The molecule has 1 amide bonds. The van der Waals surface area contributed by atoms with Gasteiger partial charge in [-0.25, -0.2) is 8.42 Å². The normalized spacial score (nSPS) is 14.7. The molecule has 1 aliphatic rings. The van der Waals surface area contributed by atoms with Crippen LogP contribution in [0.25, 0.3) is 0 Å². The van der Waals surface area contributed by atoms with Gasteiger partial charge in [0.1, 0.15) is 11.5 Å². The summed E-state index contributed by atoms with van der Waals surface area (Å²) in [5.41, 5.74) is 3.39. The molecule has 0 bridgehead atoms. The molecule has 37 heavy (non-hydrogen) atoms. The first-order valence-corrected chi connectivity index (χ1v) is 13.7. The molecule has 0 aromatic heterocycles. The number of rotatable bonds is 9. The first-order valence-electron chi connectivity index (χ1n) is 12.2. The van der Waals surface area contributed by atoms with Crippen LogP contribution in [0.15, 0.2) is 71.6 Å². The first-order chi connectivity index (χ1) is 17.8. The molecular weight excluding hydrogens is 490 g/mol. The molecule has 4 rings (SSSR count). The number of anilines is 2. The third kappa shape index (κ3) is 6.81. The third-order valence-corrected chi connectivity index (χ3v) is 7.95. The van der Waals surface area contributed by atoms with E-state index in [0.29, 0.717) is 22.9 Å². The predicted octanol–water partition coefficient (Wildman–Crippen LogP) is 4.66. The predicted molar refractivity (Wildman–Crippen MR) is 145 cm³/mol. The monoisotopic (exact) mass is 523 g/mol. The highest BCUT2D eigenvalue weighted by atomic mass is 32.2. The Bertz CT molecular complexity index is 1320. The number of carbonyl (C=O) groups is 1. The van der Waals surface area contributed by atoms with Crippen LogP contribution in [0.3, 0.4) is 0 Å². The third-order valence-electron chi connectivity index (χ3n) is 6.57. The number of likely N-dealkylation sites (tertiary alicyclic amines) is 1. The van der Waals surface area contributed by atoms with E-state index in [9.17, 15) is 13.2 Å². The van der Waals surface area contributed by atoms with E-state index in [0.717, 1.165) is 32.5 Å². The average molecular weight is 524 g/mol. The maximum Gasteiger partial charge on any atom is 0.262 e. The van der Waals surface area contributed by atoms with Crippen LogP contribution in [0.4, 0.5) is 11.4 Å². The number of ether oxygens (including phenoxy) is 2. The number of hydrogen-bond donors (Lipinski definition) is 2. The minimum Gasteiger partial charge on any atom is -0.497 e. The fourth-order valence-corrected chi connectivity index (χ4v) is 5.42. The maximum atomic E-state index is 12.9. The zero-order valence-corrected chi connectivity index (χ0v) is 22.2. The molecule has 0 unspecified atom stereocenters. The first kappa shape index (κ1) is 26.5. The second-order valence-corrected chi connectivity index (χ2v) is 10.9. The summed E-state index contributed by atoms with van der Waals surface area (Å²) in [7, 11) is -0.876. The van der Waals surface area contributed by atoms with Crippen molar-refractivity contribution in [3.05, 3.63) is 77.9 Å². The van der Waals surface area contributed by atoms with E-state index in [1.165, 1.54) is 37.5 Å². The van der Waals surface area contributed by atoms with Crippen molar-refractivity contribution in [1.29, 1.82) is 0 Å². The van der Waals surface area contributed by atoms with Crippen LogP contribution < -0.4 is 19.5 Å². The number of aryl methyl sites for hydroxylation is 1. The molecule has 0 saturated carbocycles. The van der Waals surface area contributed by atoms with Crippen molar-refractivity contribution in [2.75, 3.05) is 37.3 Å². The fraction of sp³-hybridized carbons (Fsp3) is 0.321. The Morgan fingerprint density at radius 3 is 2.24 bits per heavy atom. The Morgan fingerprint density at radius 2 is 1.62 bits per heavy atom. The summed E-state index contributed by atoms with van der Waals surface area (Å²) in [5.74, 6) is 0.794. The van der Waals surface area contributed by atoms with E-state index in [4.69, 9.17) is 9.47 Å². The van der Waals surface area contributed by atoms with E-state index in [-0.39, 0.29) is 16.7 Å². The molecule has 2 N–H and O–H groups in total.